The number of nitrogens with two attached hydrogens (primary N) is 1. The van der Waals surface area contributed by atoms with E-state index in [9.17, 15) is 0 Å². The Bertz CT molecular complexity index is 474. The molecule has 2 N–H and O–H groups in total. The molecule has 0 aliphatic rings. The molecular formula is C12H16N4OS. The molecule has 96 valence electrons. The second-order valence-electron chi connectivity index (χ2n) is 3.97. The molecule has 1 atom stereocenters. The minimum atomic E-state index is -0.174. The van der Waals surface area contributed by atoms with Crippen molar-refractivity contribution in [3.05, 3.63) is 41.8 Å². The number of aromatic nitrogens is 3. The Hall–Kier alpha value is -1.40. The summed E-state index contributed by atoms with van der Waals surface area (Å²) >= 11 is 1.76. The van der Waals surface area contributed by atoms with E-state index in [1.165, 1.54) is 0 Å². The van der Waals surface area contributed by atoms with Crippen molar-refractivity contribution in [1.29, 1.82) is 0 Å². The highest BCUT2D eigenvalue weighted by Gasteiger charge is 2.14. The maximum absolute atomic E-state index is 5.97. The summed E-state index contributed by atoms with van der Waals surface area (Å²) in [6, 6.07) is 3.70. The van der Waals surface area contributed by atoms with Crippen LogP contribution in [-0.2, 0) is 6.42 Å². The van der Waals surface area contributed by atoms with Gasteiger partial charge in [0.25, 0.3) is 0 Å². The molecule has 0 fully saturated rings. The van der Waals surface area contributed by atoms with Crippen LogP contribution in [0.3, 0.4) is 0 Å². The first-order chi connectivity index (χ1) is 8.79. The van der Waals surface area contributed by atoms with Crippen molar-refractivity contribution in [3.8, 4) is 0 Å². The van der Waals surface area contributed by atoms with E-state index in [4.69, 9.17) is 10.3 Å². The van der Waals surface area contributed by atoms with Crippen molar-refractivity contribution in [2.75, 3.05) is 12.0 Å². The third-order valence-electron chi connectivity index (χ3n) is 2.52. The molecule has 0 saturated heterocycles. The van der Waals surface area contributed by atoms with E-state index in [1.807, 2.05) is 18.4 Å². The Morgan fingerprint density at radius 2 is 2.39 bits per heavy atom. The fourth-order valence-electron chi connectivity index (χ4n) is 1.54. The van der Waals surface area contributed by atoms with E-state index < -0.39 is 0 Å². The Balaban J connectivity index is 1.98. The Morgan fingerprint density at radius 3 is 3.11 bits per heavy atom. The summed E-state index contributed by atoms with van der Waals surface area (Å²) in [5.74, 6) is 2.15. The van der Waals surface area contributed by atoms with Gasteiger partial charge >= 0.3 is 0 Å². The van der Waals surface area contributed by atoms with Crippen molar-refractivity contribution in [3.63, 3.8) is 0 Å². The molecule has 0 radical (unpaired) electrons. The van der Waals surface area contributed by atoms with E-state index in [2.05, 4.69) is 15.1 Å². The molecule has 2 heterocycles. The fraction of sp³-hybridized carbons (Fsp3) is 0.417. The second-order valence-corrected chi connectivity index (χ2v) is 4.96. The summed E-state index contributed by atoms with van der Waals surface area (Å²) in [7, 11) is 0. The highest BCUT2D eigenvalue weighted by atomic mass is 32.2. The quantitative estimate of drug-likeness (QED) is 0.857. The summed E-state index contributed by atoms with van der Waals surface area (Å²) in [5.41, 5.74) is 7.02. The minimum absolute atomic E-state index is 0.174. The van der Waals surface area contributed by atoms with Gasteiger partial charge in [0.1, 0.15) is 0 Å². The molecule has 0 aromatic carbocycles. The van der Waals surface area contributed by atoms with Crippen molar-refractivity contribution < 1.29 is 4.52 Å². The monoisotopic (exact) mass is 264 g/mol. The summed E-state index contributed by atoms with van der Waals surface area (Å²) in [5, 5.41) is 3.94. The summed E-state index contributed by atoms with van der Waals surface area (Å²) in [4.78, 5) is 8.37. The van der Waals surface area contributed by atoms with Crippen molar-refractivity contribution in [1.82, 2.24) is 15.1 Å². The number of nitrogens with zero attached hydrogens (tertiary/aromatic N) is 3. The predicted molar refractivity (Wildman–Crippen MR) is 71.3 cm³/mol. The number of thioether (sulfide) groups is 1. The average molecular weight is 264 g/mol. The number of rotatable bonds is 6. The lowest BCUT2D eigenvalue weighted by molar-refractivity contribution is 0.349. The number of hydrogen-bond acceptors (Lipinski definition) is 6. The smallest absolute Gasteiger partial charge is 0.243 e. The van der Waals surface area contributed by atoms with Gasteiger partial charge in [0.2, 0.25) is 5.89 Å². The van der Waals surface area contributed by atoms with Gasteiger partial charge in [0.05, 0.1) is 6.04 Å². The van der Waals surface area contributed by atoms with E-state index in [1.54, 1.807) is 24.2 Å². The first-order valence-electron chi connectivity index (χ1n) is 5.75. The van der Waals surface area contributed by atoms with Gasteiger partial charge in [0, 0.05) is 18.8 Å². The first kappa shape index (κ1) is 13.0. The molecule has 0 saturated carbocycles. The highest BCUT2D eigenvalue weighted by molar-refractivity contribution is 7.98. The molecule has 2 aromatic heterocycles. The normalized spacial score (nSPS) is 12.6. The first-order valence-corrected chi connectivity index (χ1v) is 7.15. The minimum Gasteiger partial charge on any atom is -0.338 e. The molecule has 6 heteroatoms. The largest absolute Gasteiger partial charge is 0.338 e. The molecule has 0 aliphatic heterocycles. The molecule has 0 aliphatic carbocycles. The summed E-state index contributed by atoms with van der Waals surface area (Å²) in [6.45, 7) is 0. The van der Waals surface area contributed by atoms with Crippen LogP contribution in [0, 0.1) is 0 Å². The highest BCUT2D eigenvalue weighted by Crippen LogP contribution is 2.15. The van der Waals surface area contributed by atoms with E-state index in [0.717, 1.165) is 17.7 Å². The van der Waals surface area contributed by atoms with E-state index in [0.29, 0.717) is 18.1 Å². The molecular weight excluding hydrogens is 248 g/mol. The maximum atomic E-state index is 5.97. The van der Waals surface area contributed by atoms with Crippen LogP contribution in [0.2, 0.25) is 0 Å². The van der Waals surface area contributed by atoms with Gasteiger partial charge in [-0.05, 0) is 30.1 Å². The Labute approximate surface area is 110 Å². The third kappa shape index (κ3) is 3.54. The molecule has 1 unspecified atom stereocenters. The zero-order valence-corrected chi connectivity index (χ0v) is 11.1. The van der Waals surface area contributed by atoms with Crippen LogP contribution in [0.15, 0.2) is 29.0 Å². The lowest BCUT2D eigenvalue weighted by atomic mass is 10.2. The SMILES string of the molecule is CSCCC(N)c1nc(Cc2cccnc2)no1. The van der Waals surface area contributed by atoms with Crippen LogP contribution < -0.4 is 5.73 Å². The Kier molecular flexibility index (Phi) is 4.72. The molecule has 2 aromatic rings. The van der Waals surface area contributed by atoms with Crippen LogP contribution >= 0.6 is 11.8 Å². The average Bonchev–Trinajstić information content (AvgIpc) is 2.86. The van der Waals surface area contributed by atoms with Gasteiger partial charge in [-0.3, -0.25) is 4.98 Å². The van der Waals surface area contributed by atoms with Crippen LogP contribution in [-0.4, -0.2) is 27.1 Å². The van der Waals surface area contributed by atoms with Gasteiger partial charge < -0.3 is 10.3 Å². The van der Waals surface area contributed by atoms with Gasteiger partial charge in [-0.15, -0.1) is 0 Å². The number of hydrogen-bond donors (Lipinski definition) is 1. The summed E-state index contributed by atoms with van der Waals surface area (Å²) in [6.07, 6.45) is 7.05. The molecule has 0 amide bonds. The molecule has 5 nitrogen and oxygen atoms in total. The van der Waals surface area contributed by atoms with Crippen LogP contribution in [0.1, 0.15) is 29.7 Å². The van der Waals surface area contributed by atoms with E-state index in [-0.39, 0.29) is 6.04 Å². The lowest BCUT2D eigenvalue weighted by Crippen LogP contribution is -2.11. The molecule has 2 rings (SSSR count). The van der Waals surface area contributed by atoms with Crippen LogP contribution in [0.25, 0.3) is 0 Å². The molecule has 0 bridgehead atoms. The summed E-state index contributed by atoms with van der Waals surface area (Å²) < 4.78 is 5.18. The number of pyridine rings is 1. The molecule has 18 heavy (non-hydrogen) atoms. The van der Waals surface area contributed by atoms with Crippen molar-refractivity contribution >= 4 is 11.8 Å². The van der Waals surface area contributed by atoms with Crippen LogP contribution in [0.4, 0.5) is 0 Å². The van der Waals surface area contributed by atoms with Crippen molar-refractivity contribution in [2.24, 2.45) is 5.73 Å². The van der Waals surface area contributed by atoms with Crippen molar-refractivity contribution in [2.45, 2.75) is 18.9 Å². The van der Waals surface area contributed by atoms with Gasteiger partial charge in [0.15, 0.2) is 5.82 Å². The fourth-order valence-corrected chi connectivity index (χ4v) is 2.03. The standard InChI is InChI=1S/C12H16N4OS/c1-18-6-4-10(13)12-15-11(16-17-12)7-9-3-2-5-14-8-9/h2-3,5,8,10H,4,6-7,13H2,1H3. The van der Waals surface area contributed by atoms with Gasteiger partial charge in [-0.2, -0.15) is 16.7 Å². The van der Waals surface area contributed by atoms with Gasteiger partial charge in [-0.25, -0.2) is 0 Å². The lowest BCUT2D eigenvalue weighted by Gasteiger charge is -2.03. The Morgan fingerprint density at radius 1 is 1.50 bits per heavy atom. The second kappa shape index (κ2) is 6.51. The maximum Gasteiger partial charge on any atom is 0.243 e. The van der Waals surface area contributed by atoms with Crippen LogP contribution in [0.5, 0.6) is 0 Å². The third-order valence-corrected chi connectivity index (χ3v) is 3.16. The zero-order valence-electron chi connectivity index (χ0n) is 10.2. The van der Waals surface area contributed by atoms with Gasteiger partial charge in [-0.1, -0.05) is 11.2 Å². The predicted octanol–water partition coefficient (Wildman–Crippen LogP) is 1.81. The topological polar surface area (TPSA) is 77.8 Å². The zero-order chi connectivity index (χ0) is 12.8. The molecule has 0 spiro atoms. The van der Waals surface area contributed by atoms with E-state index >= 15 is 0 Å².